The lowest BCUT2D eigenvalue weighted by atomic mass is 9.94. The van der Waals surface area contributed by atoms with Gasteiger partial charge in [-0.25, -0.2) is 9.97 Å². The molecule has 6 nitrogen and oxygen atoms in total. The summed E-state index contributed by atoms with van der Waals surface area (Å²) in [7, 11) is 0. The first-order valence-corrected chi connectivity index (χ1v) is 11.3. The normalized spacial score (nSPS) is 19.4. The maximum atomic E-state index is 13.0. The Balaban J connectivity index is 1.20. The summed E-state index contributed by atoms with van der Waals surface area (Å²) in [6, 6.07) is 10.6. The molecular formula is C22H29N5OS. The first-order chi connectivity index (χ1) is 14.2. The van der Waals surface area contributed by atoms with Crippen LogP contribution in [0.1, 0.15) is 31.2 Å². The van der Waals surface area contributed by atoms with Crippen molar-refractivity contribution in [3.63, 3.8) is 0 Å². The van der Waals surface area contributed by atoms with E-state index in [0.717, 1.165) is 64.0 Å². The topological polar surface area (TPSA) is 75.3 Å². The summed E-state index contributed by atoms with van der Waals surface area (Å²) in [5, 5.41) is 0.616. The SMILES string of the molecule is Nc1ncc(CN2CCC(C(=O)N3CCC(Sc4ccccc4)CC3)CC2)cn1. The number of rotatable bonds is 5. The summed E-state index contributed by atoms with van der Waals surface area (Å²) in [6.07, 6.45) is 7.62. The molecular weight excluding hydrogens is 382 g/mol. The highest BCUT2D eigenvalue weighted by Gasteiger charge is 2.31. The van der Waals surface area contributed by atoms with Crippen molar-refractivity contribution in [3.05, 3.63) is 48.3 Å². The quantitative estimate of drug-likeness (QED) is 0.815. The zero-order valence-electron chi connectivity index (χ0n) is 16.7. The second-order valence-corrected chi connectivity index (χ2v) is 9.33. The lowest BCUT2D eigenvalue weighted by Crippen LogP contribution is -2.45. The Morgan fingerprint density at radius 1 is 1.00 bits per heavy atom. The standard InChI is InChI=1S/C22H29N5OS/c23-22-24-14-17(15-25-22)16-26-10-6-18(7-11-26)21(28)27-12-8-20(9-13-27)29-19-4-2-1-3-5-19/h1-5,14-15,18,20H,6-13,16H2,(H2,23,24,25). The number of hydrogen-bond acceptors (Lipinski definition) is 6. The van der Waals surface area contributed by atoms with Gasteiger partial charge in [0.25, 0.3) is 0 Å². The van der Waals surface area contributed by atoms with Crippen LogP contribution >= 0.6 is 11.8 Å². The van der Waals surface area contributed by atoms with Crippen LogP contribution in [0, 0.1) is 5.92 Å². The van der Waals surface area contributed by atoms with E-state index < -0.39 is 0 Å². The molecule has 2 saturated heterocycles. The average Bonchev–Trinajstić information content (AvgIpc) is 2.77. The van der Waals surface area contributed by atoms with E-state index in [1.54, 1.807) is 12.4 Å². The van der Waals surface area contributed by atoms with Crippen LogP contribution < -0.4 is 5.73 Å². The van der Waals surface area contributed by atoms with E-state index in [1.165, 1.54) is 4.90 Å². The van der Waals surface area contributed by atoms with Crippen molar-refractivity contribution in [3.8, 4) is 0 Å². The van der Waals surface area contributed by atoms with E-state index in [1.807, 2.05) is 11.8 Å². The molecule has 0 bridgehead atoms. The highest BCUT2D eigenvalue weighted by Crippen LogP contribution is 2.31. The van der Waals surface area contributed by atoms with Gasteiger partial charge in [0, 0.05) is 53.7 Å². The number of amides is 1. The van der Waals surface area contributed by atoms with E-state index in [-0.39, 0.29) is 5.92 Å². The maximum Gasteiger partial charge on any atom is 0.225 e. The van der Waals surface area contributed by atoms with E-state index in [4.69, 9.17) is 5.73 Å². The van der Waals surface area contributed by atoms with Crippen LogP contribution in [0.15, 0.2) is 47.6 Å². The van der Waals surface area contributed by atoms with Crippen molar-refractivity contribution < 1.29 is 4.79 Å². The molecule has 154 valence electrons. The summed E-state index contributed by atoms with van der Waals surface area (Å²) in [6.45, 7) is 4.50. The second kappa shape index (κ2) is 9.59. The number of likely N-dealkylation sites (tertiary alicyclic amines) is 2. The van der Waals surface area contributed by atoms with Gasteiger partial charge in [-0.05, 0) is 50.9 Å². The van der Waals surface area contributed by atoms with Crippen molar-refractivity contribution in [2.45, 2.75) is 42.4 Å². The zero-order valence-corrected chi connectivity index (χ0v) is 17.6. The summed E-state index contributed by atoms with van der Waals surface area (Å²) in [5.74, 6) is 0.847. The maximum absolute atomic E-state index is 13.0. The van der Waals surface area contributed by atoms with E-state index in [0.29, 0.717) is 17.1 Å². The van der Waals surface area contributed by atoms with E-state index >= 15 is 0 Å². The fraction of sp³-hybridized carbons (Fsp3) is 0.500. The predicted molar refractivity (Wildman–Crippen MR) is 116 cm³/mol. The van der Waals surface area contributed by atoms with Crippen LogP contribution in [0.4, 0.5) is 5.95 Å². The van der Waals surface area contributed by atoms with Crippen LogP contribution in [0.5, 0.6) is 0 Å². The number of hydrogen-bond donors (Lipinski definition) is 1. The minimum absolute atomic E-state index is 0.173. The molecule has 2 fully saturated rings. The Bertz CT molecular complexity index is 785. The van der Waals surface area contributed by atoms with Gasteiger partial charge in [-0.1, -0.05) is 18.2 Å². The Labute approximate surface area is 176 Å². The molecule has 3 heterocycles. The molecule has 0 saturated carbocycles. The third-order valence-electron chi connectivity index (χ3n) is 5.87. The summed E-state index contributed by atoms with van der Waals surface area (Å²) >= 11 is 1.95. The number of aromatic nitrogens is 2. The predicted octanol–water partition coefficient (Wildman–Crippen LogP) is 3.05. The molecule has 2 aliphatic rings. The monoisotopic (exact) mass is 411 g/mol. The summed E-state index contributed by atoms with van der Waals surface area (Å²) in [5.41, 5.74) is 6.62. The molecule has 0 spiro atoms. The van der Waals surface area contributed by atoms with Gasteiger partial charge in [0.05, 0.1) is 0 Å². The third-order valence-corrected chi connectivity index (χ3v) is 7.22. The van der Waals surface area contributed by atoms with Crippen molar-refractivity contribution in [1.82, 2.24) is 19.8 Å². The lowest BCUT2D eigenvalue weighted by Gasteiger charge is -2.37. The molecule has 2 aromatic rings. The van der Waals surface area contributed by atoms with Gasteiger partial charge in [0.1, 0.15) is 0 Å². The average molecular weight is 412 g/mol. The number of carbonyl (C=O) groups excluding carboxylic acids is 1. The Morgan fingerprint density at radius 3 is 2.31 bits per heavy atom. The number of nitrogens with zero attached hydrogens (tertiary/aromatic N) is 4. The van der Waals surface area contributed by atoms with E-state index in [9.17, 15) is 4.79 Å². The molecule has 1 aromatic carbocycles. The molecule has 0 radical (unpaired) electrons. The van der Waals surface area contributed by atoms with Crippen molar-refractivity contribution in [2.24, 2.45) is 5.92 Å². The van der Waals surface area contributed by atoms with Gasteiger partial charge in [-0.15, -0.1) is 11.8 Å². The fourth-order valence-corrected chi connectivity index (χ4v) is 5.33. The van der Waals surface area contributed by atoms with Gasteiger partial charge in [0.15, 0.2) is 0 Å². The molecule has 7 heteroatoms. The number of benzene rings is 1. The van der Waals surface area contributed by atoms with Gasteiger partial charge in [-0.2, -0.15) is 0 Å². The molecule has 4 rings (SSSR count). The first-order valence-electron chi connectivity index (χ1n) is 10.5. The van der Waals surface area contributed by atoms with Crippen LogP contribution in [-0.4, -0.2) is 57.1 Å². The summed E-state index contributed by atoms with van der Waals surface area (Å²) < 4.78 is 0. The Hall–Kier alpha value is -2.12. The highest BCUT2D eigenvalue weighted by atomic mass is 32.2. The smallest absolute Gasteiger partial charge is 0.225 e. The number of anilines is 1. The molecule has 1 amide bonds. The minimum atomic E-state index is 0.173. The summed E-state index contributed by atoms with van der Waals surface area (Å²) in [4.78, 5) is 26.9. The molecule has 0 aliphatic carbocycles. The van der Waals surface area contributed by atoms with Gasteiger partial charge in [-0.3, -0.25) is 9.69 Å². The fourth-order valence-electron chi connectivity index (χ4n) is 4.19. The van der Waals surface area contributed by atoms with Crippen LogP contribution in [-0.2, 0) is 11.3 Å². The van der Waals surface area contributed by atoms with Crippen LogP contribution in [0.2, 0.25) is 0 Å². The molecule has 1 aromatic heterocycles. The number of piperidine rings is 2. The zero-order chi connectivity index (χ0) is 20.1. The van der Waals surface area contributed by atoms with Gasteiger partial charge in [0.2, 0.25) is 11.9 Å². The van der Waals surface area contributed by atoms with E-state index in [2.05, 4.69) is 50.1 Å². The first kappa shape index (κ1) is 20.2. The minimum Gasteiger partial charge on any atom is -0.368 e. The third kappa shape index (κ3) is 5.48. The molecule has 0 unspecified atom stereocenters. The molecule has 29 heavy (non-hydrogen) atoms. The van der Waals surface area contributed by atoms with Crippen molar-refractivity contribution in [1.29, 1.82) is 0 Å². The Morgan fingerprint density at radius 2 is 1.66 bits per heavy atom. The Kier molecular flexibility index (Phi) is 6.67. The number of nitrogens with two attached hydrogens (primary N) is 1. The number of thioether (sulfide) groups is 1. The highest BCUT2D eigenvalue weighted by molar-refractivity contribution is 8.00. The van der Waals surface area contributed by atoms with Crippen molar-refractivity contribution in [2.75, 3.05) is 31.9 Å². The van der Waals surface area contributed by atoms with Crippen LogP contribution in [0.25, 0.3) is 0 Å². The number of carbonyl (C=O) groups is 1. The molecule has 2 aliphatic heterocycles. The largest absolute Gasteiger partial charge is 0.368 e. The van der Waals surface area contributed by atoms with Crippen LogP contribution in [0.3, 0.4) is 0 Å². The molecule has 0 atom stereocenters. The van der Waals surface area contributed by atoms with Gasteiger partial charge >= 0.3 is 0 Å². The second-order valence-electron chi connectivity index (χ2n) is 7.96. The molecule has 2 N–H and O–H groups in total. The lowest BCUT2D eigenvalue weighted by molar-refractivity contribution is -0.138. The van der Waals surface area contributed by atoms with Crippen molar-refractivity contribution >= 4 is 23.6 Å². The number of nitrogen functional groups attached to an aromatic ring is 1. The van der Waals surface area contributed by atoms with Gasteiger partial charge < -0.3 is 10.6 Å².